The smallest absolute Gasteiger partial charge is 0.153 e. The van der Waals surface area contributed by atoms with Crippen molar-refractivity contribution in [1.29, 1.82) is 5.26 Å². The average Bonchev–Trinajstić information content (AvgIpc) is 2.46. The largest absolute Gasteiger partial charge is 0.487 e. The zero-order chi connectivity index (χ0) is 14.5. The van der Waals surface area contributed by atoms with Gasteiger partial charge >= 0.3 is 0 Å². The SMILES string of the molecule is Cc1cc(C#N)ccc1COc1c(Cl)cccc1C=O. The van der Waals surface area contributed by atoms with Crippen molar-refractivity contribution in [3.8, 4) is 11.8 Å². The molecule has 0 aliphatic heterocycles. The first-order valence-corrected chi connectivity index (χ1v) is 6.39. The minimum absolute atomic E-state index is 0.294. The molecule has 0 bridgehead atoms. The summed E-state index contributed by atoms with van der Waals surface area (Å²) in [7, 11) is 0. The van der Waals surface area contributed by atoms with Gasteiger partial charge in [-0.05, 0) is 42.3 Å². The van der Waals surface area contributed by atoms with Gasteiger partial charge in [0, 0.05) is 0 Å². The number of nitrogens with zero attached hydrogens (tertiary/aromatic N) is 1. The molecule has 0 unspecified atom stereocenters. The van der Waals surface area contributed by atoms with Crippen molar-refractivity contribution in [1.82, 2.24) is 0 Å². The number of para-hydroxylation sites is 1. The summed E-state index contributed by atoms with van der Waals surface area (Å²) in [6.45, 7) is 2.20. The quantitative estimate of drug-likeness (QED) is 0.800. The van der Waals surface area contributed by atoms with E-state index in [-0.39, 0.29) is 0 Å². The second kappa shape index (κ2) is 6.23. The van der Waals surface area contributed by atoms with Gasteiger partial charge in [0.15, 0.2) is 6.29 Å². The summed E-state index contributed by atoms with van der Waals surface area (Å²) < 4.78 is 5.65. The van der Waals surface area contributed by atoms with Gasteiger partial charge < -0.3 is 4.74 Å². The number of ether oxygens (including phenoxy) is 1. The lowest BCUT2D eigenvalue weighted by Gasteiger charge is -2.12. The average molecular weight is 286 g/mol. The maximum absolute atomic E-state index is 11.0. The Morgan fingerprint density at radius 1 is 1.35 bits per heavy atom. The maximum atomic E-state index is 11.0. The summed E-state index contributed by atoms with van der Waals surface area (Å²) in [4.78, 5) is 11.0. The van der Waals surface area contributed by atoms with Crippen LogP contribution in [0.15, 0.2) is 36.4 Å². The Bertz CT molecular complexity index is 689. The number of nitriles is 1. The first-order chi connectivity index (χ1) is 9.65. The van der Waals surface area contributed by atoms with Gasteiger partial charge in [-0.1, -0.05) is 23.7 Å². The topological polar surface area (TPSA) is 50.1 Å². The van der Waals surface area contributed by atoms with E-state index in [1.165, 1.54) is 0 Å². The van der Waals surface area contributed by atoms with Crippen LogP contribution in [0.1, 0.15) is 27.0 Å². The molecule has 0 radical (unpaired) electrons. The number of benzene rings is 2. The van der Waals surface area contributed by atoms with Gasteiger partial charge in [-0.15, -0.1) is 0 Å². The Morgan fingerprint density at radius 2 is 2.15 bits per heavy atom. The molecule has 3 nitrogen and oxygen atoms in total. The number of halogens is 1. The Balaban J connectivity index is 2.21. The van der Waals surface area contributed by atoms with Gasteiger partial charge in [-0.2, -0.15) is 5.26 Å². The Hall–Kier alpha value is -2.31. The predicted molar refractivity (Wildman–Crippen MR) is 77.1 cm³/mol. The van der Waals surface area contributed by atoms with Gasteiger partial charge in [-0.25, -0.2) is 0 Å². The fourth-order valence-electron chi connectivity index (χ4n) is 1.85. The van der Waals surface area contributed by atoms with E-state index in [9.17, 15) is 4.79 Å². The highest BCUT2D eigenvalue weighted by molar-refractivity contribution is 6.32. The van der Waals surface area contributed by atoms with E-state index < -0.39 is 0 Å². The molecule has 4 heteroatoms. The fourth-order valence-corrected chi connectivity index (χ4v) is 2.08. The Kier molecular flexibility index (Phi) is 4.39. The number of rotatable bonds is 4. The highest BCUT2D eigenvalue weighted by Crippen LogP contribution is 2.28. The van der Waals surface area contributed by atoms with E-state index in [1.807, 2.05) is 13.0 Å². The van der Waals surface area contributed by atoms with Crippen molar-refractivity contribution in [2.45, 2.75) is 13.5 Å². The van der Waals surface area contributed by atoms with Gasteiger partial charge in [0.1, 0.15) is 12.4 Å². The fraction of sp³-hybridized carbons (Fsp3) is 0.125. The second-order valence-electron chi connectivity index (χ2n) is 4.32. The highest BCUT2D eigenvalue weighted by Gasteiger charge is 2.09. The first kappa shape index (κ1) is 14.1. The zero-order valence-corrected chi connectivity index (χ0v) is 11.6. The van der Waals surface area contributed by atoms with E-state index in [0.29, 0.717) is 34.8 Å². The van der Waals surface area contributed by atoms with E-state index in [2.05, 4.69) is 6.07 Å². The van der Waals surface area contributed by atoms with E-state index in [4.69, 9.17) is 21.6 Å². The zero-order valence-electron chi connectivity index (χ0n) is 10.9. The standard InChI is InChI=1S/C16H12ClNO2/c1-11-7-12(8-18)5-6-14(11)10-20-16-13(9-19)3-2-4-15(16)17/h2-7,9H,10H2,1H3. The molecule has 0 aliphatic carbocycles. The third kappa shape index (κ3) is 2.98. The molecule has 0 aliphatic rings. The van der Waals surface area contributed by atoms with Gasteiger partial charge in [0.05, 0.1) is 22.2 Å². The third-order valence-electron chi connectivity index (χ3n) is 2.97. The molecule has 0 heterocycles. The van der Waals surface area contributed by atoms with Crippen LogP contribution in [0, 0.1) is 18.3 Å². The summed E-state index contributed by atoms with van der Waals surface area (Å²) in [5.74, 6) is 0.382. The van der Waals surface area contributed by atoms with Crippen molar-refractivity contribution < 1.29 is 9.53 Å². The van der Waals surface area contributed by atoms with Crippen molar-refractivity contribution in [3.05, 3.63) is 63.7 Å². The van der Waals surface area contributed by atoms with Crippen LogP contribution >= 0.6 is 11.6 Å². The monoisotopic (exact) mass is 285 g/mol. The number of hydrogen-bond donors (Lipinski definition) is 0. The van der Waals surface area contributed by atoms with Crippen molar-refractivity contribution in [2.24, 2.45) is 0 Å². The lowest BCUT2D eigenvalue weighted by molar-refractivity contribution is 0.111. The predicted octanol–water partition coefficient (Wildman–Crippen LogP) is 3.91. The molecular weight excluding hydrogens is 274 g/mol. The molecule has 2 aromatic carbocycles. The van der Waals surface area contributed by atoms with Crippen LogP contribution in [0.5, 0.6) is 5.75 Å². The molecule has 100 valence electrons. The van der Waals surface area contributed by atoms with Crippen molar-refractivity contribution >= 4 is 17.9 Å². The minimum atomic E-state index is 0.294. The van der Waals surface area contributed by atoms with E-state index in [1.54, 1.807) is 30.3 Å². The van der Waals surface area contributed by atoms with Crippen LogP contribution in [0.4, 0.5) is 0 Å². The van der Waals surface area contributed by atoms with Crippen LogP contribution in [0.3, 0.4) is 0 Å². The molecule has 0 amide bonds. The van der Waals surface area contributed by atoms with Crippen LogP contribution < -0.4 is 4.74 Å². The van der Waals surface area contributed by atoms with E-state index >= 15 is 0 Å². The summed E-state index contributed by atoms with van der Waals surface area (Å²) in [5, 5.41) is 9.23. The molecule has 0 saturated carbocycles. The molecule has 0 saturated heterocycles. The third-order valence-corrected chi connectivity index (χ3v) is 3.27. The van der Waals surface area contributed by atoms with Crippen LogP contribution in [0.25, 0.3) is 0 Å². The lowest BCUT2D eigenvalue weighted by atomic mass is 10.1. The first-order valence-electron chi connectivity index (χ1n) is 6.02. The molecule has 0 atom stereocenters. The molecule has 20 heavy (non-hydrogen) atoms. The number of carbonyl (C=O) groups excluding carboxylic acids is 1. The number of carbonyl (C=O) groups is 1. The lowest BCUT2D eigenvalue weighted by Crippen LogP contribution is -2.01. The van der Waals surface area contributed by atoms with Gasteiger partial charge in [-0.3, -0.25) is 4.79 Å². The molecule has 0 aromatic heterocycles. The summed E-state index contributed by atoms with van der Waals surface area (Å²) in [6.07, 6.45) is 0.715. The van der Waals surface area contributed by atoms with Gasteiger partial charge in [0.25, 0.3) is 0 Å². The molecule has 2 rings (SSSR count). The van der Waals surface area contributed by atoms with Crippen LogP contribution in [-0.4, -0.2) is 6.29 Å². The number of aryl methyl sites for hydroxylation is 1. The molecule has 2 aromatic rings. The molecule has 0 spiro atoms. The summed E-state index contributed by atoms with van der Waals surface area (Å²) in [5.41, 5.74) is 2.94. The van der Waals surface area contributed by atoms with Crippen molar-refractivity contribution in [3.63, 3.8) is 0 Å². The van der Waals surface area contributed by atoms with E-state index in [0.717, 1.165) is 11.1 Å². The highest BCUT2D eigenvalue weighted by atomic mass is 35.5. The Labute approximate surface area is 122 Å². The number of hydrogen-bond acceptors (Lipinski definition) is 3. The summed E-state index contributed by atoms with van der Waals surface area (Å²) in [6, 6.07) is 12.5. The maximum Gasteiger partial charge on any atom is 0.153 e. The van der Waals surface area contributed by atoms with Crippen LogP contribution in [-0.2, 0) is 6.61 Å². The summed E-state index contributed by atoms with van der Waals surface area (Å²) >= 11 is 6.03. The molecule has 0 fully saturated rings. The normalized spacial score (nSPS) is 9.85. The second-order valence-corrected chi connectivity index (χ2v) is 4.72. The van der Waals surface area contributed by atoms with Crippen molar-refractivity contribution in [2.75, 3.05) is 0 Å². The minimum Gasteiger partial charge on any atom is -0.487 e. The molecular formula is C16H12ClNO2. The van der Waals surface area contributed by atoms with Gasteiger partial charge in [0.2, 0.25) is 0 Å². The number of aldehydes is 1. The molecule has 0 N–H and O–H groups in total. The Morgan fingerprint density at radius 3 is 2.80 bits per heavy atom. The van der Waals surface area contributed by atoms with Crippen LogP contribution in [0.2, 0.25) is 5.02 Å².